The quantitative estimate of drug-likeness (QED) is 0.787. The summed E-state index contributed by atoms with van der Waals surface area (Å²) in [6, 6.07) is 8.15. The minimum atomic E-state index is -4.04. The van der Waals surface area contributed by atoms with Crippen LogP contribution < -0.4 is 9.62 Å². The summed E-state index contributed by atoms with van der Waals surface area (Å²) < 4.78 is 41.1. The fraction of sp³-hybridized carbons (Fsp3) is 0.278. The van der Waals surface area contributed by atoms with Crippen LogP contribution in [0.15, 0.2) is 41.3 Å². The van der Waals surface area contributed by atoms with E-state index in [1.807, 2.05) is 23.9 Å². The standard InChI is InChI=1S/C18H19FN2O4S2/c1-12-10-13(21-6-8-26-9-7-21)2-5-17(12)20-27(24,25)14-3-4-16(19)15(11-14)18(22)23/h2-5,10-11,20H,6-9H2,1H3,(H,22,23). The van der Waals surface area contributed by atoms with Crippen molar-refractivity contribution in [2.75, 3.05) is 34.2 Å². The van der Waals surface area contributed by atoms with E-state index in [9.17, 15) is 17.6 Å². The number of carboxylic acid groups (broad SMARTS) is 1. The Morgan fingerprint density at radius 1 is 1.19 bits per heavy atom. The fourth-order valence-corrected chi connectivity index (χ4v) is 4.88. The Morgan fingerprint density at radius 3 is 2.52 bits per heavy atom. The molecule has 1 saturated heterocycles. The first-order valence-corrected chi connectivity index (χ1v) is 10.9. The van der Waals surface area contributed by atoms with Crippen molar-refractivity contribution in [2.45, 2.75) is 11.8 Å². The number of halogens is 1. The molecule has 0 spiro atoms. The maximum Gasteiger partial charge on any atom is 0.338 e. The number of rotatable bonds is 5. The SMILES string of the molecule is Cc1cc(N2CCSCC2)ccc1NS(=O)(=O)c1ccc(F)c(C(=O)O)c1. The number of nitrogens with one attached hydrogen (secondary N) is 1. The van der Waals surface area contributed by atoms with Gasteiger partial charge in [-0.2, -0.15) is 11.8 Å². The molecule has 0 aromatic heterocycles. The van der Waals surface area contributed by atoms with Crippen molar-refractivity contribution < 1.29 is 22.7 Å². The average Bonchev–Trinajstić information content (AvgIpc) is 2.64. The number of nitrogens with zero attached hydrogens (tertiary/aromatic N) is 1. The van der Waals surface area contributed by atoms with Gasteiger partial charge in [0.15, 0.2) is 0 Å². The van der Waals surface area contributed by atoms with Crippen LogP contribution in [-0.2, 0) is 10.0 Å². The molecule has 2 aromatic rings. The number of hydrogen-bond donors (Lipinski definition) is 2. The van der Waals surface area contributed by atoms with Gasteiger partial charge in [-0.25, -0.2) is 17.6 Å². The monoisotopic (exact) mass is 410 g/mol. The third-order valence-electron chi connectivity index (χ3n) is 4.31. The molecule has 1 fully saturated rings. The number of aromatic carboxylic acids is 1. The molecule has 1 aliphatic heterocycles. The zero-order chi connectivity index (χ0) is 19.6. The summed E-state index contributed by atoms with van der Waals surface area (Å²) in [7, 11) is -4.04. The van der Waals surface area contributed by atoms with Gasteiger partial charge in [0.25, 0.3) is 10.0 Å². The summed E-state index contributed by atoms with van der Waals surface area (Å²) in [4.78, 5) is 13.0. The van der Waals surface area contributed by atoms with E-state index in [1.165, 1.54) is 0 Å². The lowest BCUT2D eigenvalue weighted by Crippen LogP contribution is -2.32. The zero-order valence-corrected chi connectivity index (χ0v) is 16.2. The predicted molar refractivity (Wildman–Crippen MR) is 105 cm³/mol. The molecule has 1 heterocycles. The normalized spacial score (nSPS) is 14.8. The van der Waals surface area contributed by atoms with Crippen molar-refractivity contribution in [2.24, 2.45) is 0 Å². The van der Waals surface area contributed by atoms with E-state index in [-0.39, 0.29) is 4.90 Å². The van der Waals surface area contributed by atoms with Crippen molar-refractivity contribution in [1.82, 2.24) is 0 Å². The molecule has 0 amide bonds. The van der Waals surface area contributed by atoms with Crippen molar-refractivity contribution in [1.29, 1.82) is 0 Å². The molecule has 1 aliphatic rings. The van der Waals surface area contributed by atoms with Crippen LogP contribution in [-0.4, -0.2) is 44.1 Å². The van der Waals surface area contributed by atoms with Gasteiger partial charge in [0.2, 0.25) is 0 Å². The molecule has 0 atom stereocenters. The number of aryl methyl sites for hydroxylation is 1. The molecule has 2 aromatic carbocycles. The highest BCUT2D eigenvalue weighted by Crippen LogP contribution is 2.27. The number of carboxylic acids is 1. The summed E-state index contributed by atoms with van der Waals surface area (Å²) in [5.41, 5.74) is 1.49. The first-order chi connectivity index (χ1) is 12.8. The number of thioether (sulfide) groups is 1. The van der Waals surface area contributed by atoms with Crippen molar-refractivity contribution in [3.8, 4) is 0 Å². The third-order valence-corrected chi connectivity index (χ3v) is 6.61. The minimum Gasteiger partial charge on any atom is -0.478 e. The molecular weight excluding hydrogens is 391 g/mol. The van der Waals surface area contributed by atoms with Gasteiger partial charge in [-0.3, -0.25) is 4.72 Å². The van der Waals surface area contributed by atoms with Crippen LogP contribution in [0.3, 0.4) is 0 Å². The fourth-order valence-electron chi connectivity index (χ4n) is 2.82. The van der Waals surface area contributed by atoms with E-state index < -0.39 is 27.4 Å². The summed E-state index contributed by atoms with van der Waals surface area (Å²) >= 11 is 1.91. The van der Waals surface area contributed by atoms with Crippen LogP contribution >= 0.6 is 11.8 Å². The van der Waals surface area contributed by atoms with E-state index in [0.29, 0.717) is 5.69 Å². The molecular formula is C18H19FN2O4S2. The van der Waals surface area contributed by atoms with E-state index in [0.717, 1.165) is 54.0 Å². The highest BCUT2D eigenvalue weighted by Gasteiger charge is 2.20. The Labute approximate surface area is 161 Å². The second-order valence-electron chi connectivity index (χ2n) is 6.15. The lowest BCUT2D eigenvalue weighted by atomic mass is 10.1. The van der Waals surface area contributed by atoms with Gasteiger partial charge in [0, 0.05) is 30.3 Å². The van der Waals surface area contributed by atoms with Crippen molar-refractivity contribution >= 4 is 39.1 Å². The Kier molecular flexibility index (Phi) is 5.61. The highest BCUT2D eigenvalue weighted by atomic mass is 32.2. The van der Waals surface area contributed by atoms with Gasteiger partial charge >= 0.3 is 5.97 Å². The lowest BCUT2D eigenvalue weighted by Gasteiger charge is -2.29. The van der Waals surface area contributed by atoms with Gasteiger partial charge in [0.05, 0.1) is 16.1 Å². The van der Waals surface area contributed by atoms with Gasteiger partial charge in [-0.05, 0) is 48.9 Å². The van der Waals surface area contributed by atoms with E-state index in [2.05, 4.69) is 9.62 Å². The molecule has 9 heteroatoms. The van der Waals surface area contributed by atoms with Crippen LogP contribution in [0.4, 0.5) is 15.8 Å². The maximum absolute atomic E-state index is 13.5. The molecule has 0 aliphatic carbocycles. The van der Waals surface area contributed by atoms with E-state index in [4.69, 9.17) is 5.11 Å². The van der Waals surface area contributed by atoms with Crippen LogP contribution in [0.1, 0.15) is 15.9 Å². The number of hydrogen-bond acceptors (Lipinski definition) is 5. The maximum atomic E-state index is 13.5. The zero-order valence-electron chi connectivity index (χ0n) is 14.6. The third kappa shape index (κ3) is 4.36. The molecule has 0 saturated carbocycles. The van der Waals surface area contributed by atoms with Crippen molar-refractivity contribution in [3.63, 3.8) is 0 Å². The first kappa shape index (κ1) is 19.5. The first-order valence-electron chi connectivity index (χ1n) is 8.27. The Bertz CT molecular complexity index is 973. The van der Waals surface area contributed by atoms with Crippen LogP contribution in [0.2, 0.25) is 0 Å². The van der Waals surface area contributed by atoms with Gasteiger partial charge < -0.3 is 10.0 Å². The van der Waals surface area contributed by atoms with Crippen molar-refractivity contribution in [3.05, 3.63) is 53.3 Å². The topological polar surface area (TPSA) is 86.7 Å². The predicted octanol–water partition coefficient (Wildman–Crippen LogP) is 3.19. The molecule has 6 nitrogen and oxygen atoms in total. The summed E-state index contributed by atoms with van der Waals surface area (Å²) in [5.74, 6) is -0.389. The van der Waals surface area contributed by atoms with Crippen LogP contribution in [0.25, 0.3) is 0 Å². The summed E-state index contributed by atoms with van der Waals surface area (Å²) in [5, 5.41) is 8.98. The van der Waals surface area contributed by atoms with Gasteiger partial charge in [0.1, 0.15) is 5.82 Å². The Morgan fingerprint density at radius 2 is 1.89 bits per heavy atom. The largest absolute Gasteiger partial charge is 0.478 e. The molecule has 3 rings (SSSR count). The number of carbonyl (C=O) groups is 1. The summed E-state index contributed by atoms with van der Waals surface area (Å²) in [6.45, 7) is 3.69. The second kappa shape index (κ2) is 7.77. The van der Waals surface area contributed by atoms with E-state index in [1.54, 1.807) is 13.0 Å². The van der Waals surface area contributed by atoms with E-state index >= 15 is 0 Å². The summed E-state index contributed by atoms with van der Waals surface area (Å²) in [6.07, 6.45) is 0. The van der Waals surface area contributed by atoms with Gasteiger partial charge in [-0.1, -0.05) is 0 Å². The Balaban J connectivity index is 1.85. The molecule has 0 radical (unpaired) electrons. The molecule has 0 bridgehead atoms. The average molecular weight is 410 g/mol. The lowest BCUT2D eigenvalue weighted by molar-refractivity contribution is 0.0691. The molecule has 2 N–H and O–H groups in total. The number of sulfonamides is 1. The highest BCUT2D eigenvalue weighted by molar-refractivity contribution is 7.99. The number of anilines is 2. The van der Waals surface area contributed by atoms with Gasteiger partial charge in [-0.15, -0.1) is 0 Å². The molecule has 0 unspecified atom stereocenters. The van der Waals surface area contributed by atoms with Crippen LogP contribution in [0.5, 0.6) is 0 Å². The molecule has 144 valence electrons. The number of benzene rings is 2. The smallest absolute Gasteiger partial charge is 0.338 e. The molecule has 27 heavy (non-hydrogen) atoms. The minimum absolute atomic E-state index is 0.308. The second-order valence-corrected chi connectivity index (χ2v) is 9.06. The van der Waals surface area contributed by atoms with Crippen LogP contribution in [0, 0.1) is 12.7 Å². The Hall–Kier alpha value is -2.26.